The topological polar surface area (TPSA) is 52.0 Å². The van der Waals surface area contributed by atoms with Gasteiger partial charge in [-0.3, -0.25) is 0 Å². The molecule has 3 nitrogen and oxygen atoms in total. The lowest BCUT2D eigenvalue weighted by Crippen LogP contribution is -2.00. The van der Waals surface area contributed by atoms with Crippen molar-refractivity contribution in [2.24, 2.45) is 5.73 Å². The van der Waals surface area contributed by atoms with Crippen molar-refractivity contribution in [1.82, 2.24) is 4.98 Å². The van der Waals surface area contributed by atoms with Crippen LogP contribution in [0.15, 0.2) is 15.0 Å². The predicted octanol–water partition coefficient (Wildman–Crippen LogP) is 3.44. The van der Waals surface area contributed by atoms with Gasteiger partial charge >= 0.3 is 0 Å². The van der Waals surface area contributed by atoms with Gasteiger partial charge in [-0.1, -0.05) is 27.5 Å². The van der Waals surface area contributed by atoms with Crippen LogP contribution in [0.1, 0.15) is 17.9 Å². The number of nitrogens with two attached hydrogens (primary N) is 1. The van der Waals surface area contributed by atoms with Crippen LogP contribution in [0, 0.1) is 6.92 Å². The maximum absolute atomic E-state index is 6.09. The van der Waals surface area contributed by atoms with Gasteiger partial charge in [0.05, 0.1) is 5.02 Å². The van der Waals surface area contributed by atoms with Gasteiger partial charge in [-0.15, -0.1) is 0 Å². The van der Waals surface area contributed by atoms with Gasteiger partial charge in [-0.2, -0.15) is 0 Å². The summed E-state index contributed by atoms with van der Waals surface area (Å²) >= 11 is 9.54. The van der Waals surface area contributed by atoms with E-state index in [0.717, 1.165) is 28.4 Å². The molecule has 1 aromatic heterocycles. The van der Waals surface area contributed by atoms with Crippen LogP contribution in [-0.2, 0) is 6.42 Å². The van der Waals surface area contributed by atoms with Crippen LogP contribution in [-0.4, -0.2) is 11.5 Å². The second-order valence-corrected chi connectivity index (χ2v) is 4.90. The van der Waals surface area contributed by atoms with Gasteiger partial charge in [0.1, 0.15) is 5.52 Å². The van der Waals surface area contributed by atoms with Gasteiger partial charge in [-0.25, -0.2) is 4.98 Å². The van der Waals surface area contributed by atoms with Crippen LogP contribution in [0.2, 0.25) is 5.02 Å². The second-order valence-electron chi connectivity index (χ2n) is 3.64. The number of nitrogens with zero attached hydrogens (tertiary/aromatic N) is 1. The fraction of sp³-hybridized carbons (Fsp3) is 0.364. The van der Waals surface area contributed by atoms with Gasteiger partial charge in [0.25, 0.3) is 0 Å². The maximum Gasteiger partial charge on any atom is 0.195 e. The largest absolute Gasteiger partial charge is 0.439 e. The minimum absolute atomic E-state index is 0.582. The summed E-state index contributed by atoms with van der Waals surface area (Å²) in [6.07, 6.45) is 1.61. The lowest BCUT2D eigenvalue weighted by Gasteiger charge is -1.98. The highest BCUT2D eigenvalue weighted by Gasteiger charge is 2.13. The third-order valence-electron chi connectivity index (χ3n) is 2.45. The van der Waals surface area contributed by atoms with E-state index in [2.05, 4.69) is 20.9 Å². The quantitative estimate of drug-likeness (QED) is 0.945. The molecule has 2 N–H and O–H groups in total. The monoisotopic (exact) mass is 302 g/mol. The van der Waals surface area contributed by atoms with E-state index in [-0.39, 0.29) is 0 Å². The molecule has 0 aliphatic heterocycles. The number of fused-ring (bicyclic) bond motifs is 1. The number of oxazole rings is 1. The Morgan fingerprint density at radius 3 is 3.00 bits per heavy atom. The molecule has 5 heteroatoms. The van der Waals surface area contributed by atoms with E-state index in [4.69, 9.17) is 21.8 Å². The molecule has 0 aliphatic carbocycles. The summed E-state index contributed by atoms with van der Waals surface area (Å²) in [5.74, 6) is 0.698. The number of rotatable bonds is 3. The van der Waals surface area contributed by atoms with E-state index in [9.17, 15) is 0 Å². The average Bonchev–Trinajstić information content (AvgIpc) is 2.68. The Morgan fingerprint density at radius 1 is 1.56 bits per heavy atom. The third-order valence-corrected chi connectivity index (χ3v) is 3.55. The standard InChI is InChI=1S/C11H12BrClN2O/c1-6-7(12)5-8(13)11-10(6)15-9(16-11)3-2-4-14/h5H,2-4,14H2,1H3. The fourth-order valence-electron chi connectivity index (χ4n) is 1.54. The van der Waals surface area contributed by atoms with E-state index in [1.165, 1.54) is 0 Å². The summed E-state index contributed by atoms with van der Waals surface area (Å²) < 4.78 is 6.57. The van der Waals surface area contributed by atoms with Crippen molar-refractivity contribution < 1.29 is 4.42 Å². The first-order chi connectivity index (χ1) is 7.63. The lowest BCUT2D eigenvalue weighted by atomic mass is 10.2. The molecule has 2 rings (SSSR count). The summed E-state index contributed by atoms with van der Waals surface area (Å²) in [7, 11) is 0. The molecule has 16 heavy (non-hydrogen) atoms. The first-order valence-corrected chi connectivity index (χ1v) is 6.24. The molecule has 0 fully saturated rings. The van der Waals surface area contributed by atoms with E-state index >= 15 is 0 Å². The smallest absolute Gasteiger partial charge is 0.195 e. The van der Waals surface area contributed by atoms with Crippen molar-refractivity contribution in [3.8, 4) is 0 Å². The van der Waals surface area contributed by atoms with E-state index < -0.39 is 0 Å². The van der Waals surface area contributed by atoms with Gasteiger partial charge in [0.15, 0.2) is 11.5 Å². The first kappa shape index (κ1) is 11.9. The predicted molar refractivity (Wildman–Crippen MR) is 68.8 cm³/mol. The number of aromatic nitrogens is 1. The SMILES string of the molecule is Cc1c(Br)cc(Cl)c2oc(CCCN)nc12. The summed E-state index contributed by atoms with van der Waals surface area (Å²) in [5, 5.41) is 0.582. The van der Waals surface area contributed by atoms with E-state index in [1.54, 1.807) is 0 Å². The molecule has 0 bridgehead atoms. The summed E-state index contributed by atoms with van der Waals surface area (Å²) in [6.45, 7) is 2.62. The maximum atomic E-state index is 6.09. The molecule has 0 saturated carbocycles. The van der Waals surface area contributed by atoms with Crippen molar-refractivity contribution >= 4 is 38.6 Å². The minimum atomic E-state index is 0.582. The fourth-order valence-corrected chi connectivity index (χ4v) is 2.32. The van der Waals surface area contributed by atoms with Gasteiger partial charge in [-0.05, 0) is 31.5 Å². The Hall–Kier alpha value is -0.580. The van der Waals surface area contributed by atoms with Crippen molar-refractivity contribution in [2.45, 2.75) is 19.8 Å². The summed E-state index contributed by atoms with van der Waals surface area (Å²) in [4.78, 5) is 4.43. The Balaban J connectivity index is 2.52. The molecule has 0 saturated heterocycles. The van der Waals surface area contributed by atoms with Crippen LogP contribution in [0.4, 0.5) is 0 Å². The number of hydrogen-bond acceptors (Lipinski definition) is 3. The van der Waals surface area contributed by atoms with Crippen LogP contribution in [0.3, 0.4) is 0 Å². The molecular weight excluding hydrogens is 291 g/mol. The average molecular weight is 304 g/mol. The number of aryl methyl sites for hydroxylation is 2. The van der Waals surface area contributed by atoms with Gasteiger partial charge < -0.3 is 10.2 Å². The second kappa shape index (κ2) is 4.73. The van der Waals surface area contributed by atoms with Gasteiger partial charge in [0.2, 0.25) is 0 Å². The molecule has 0 amide bonds. The minimum Gasteiger partial charge on any atom is -0.439 e. The molecule has 0 radical (unpaired) electrons. The van der Waals surface area contributed by atoms with Crippen LogP contribution >= 0.6 is 27.5 Å². The Bertz CT molecular complexity index is 524. The van der Waals surface area contributed by atoms with Crippen LogP contribution in [0.5, 0.6) is 0 Å². The molecule has 0 unspecified atom stereocenters. The summed E-state index contributed by atoms with van der Waals surface area (Å²) in [6, 6.07) is 1.83. The first-order valence-electron chi connectivity index (χ1n) is 5.07. The van der Waals surface area contributed by atoms with Crippen LogP contribution in [0.25, 0.3) is 11.1 Å². The molecule has 86 valence electrons. The number of halogens is 2. The van der Waals surface area contributed by atoms with Crippen molar-refractivity contribution in [2.75, 3.05) is 6.54 Å². The third kappa shape index (κ3) is 2.10. The zero-order valence-corrected chi connectivity index (χ0v) is 11.2. The zero-order chi connectivity index (χ0) is 11.7. The lowest BCUT2D eigenvalue weighted by molar-refractivity contribution is 0.521. The molecule has 1 aromatic carbocycles. The molecule has 1 heterocycles. The van der Waals surface area contributed by atoms with Crippen molar-refractivity contribution in [3.05, 3.63) is 27.0 Å². The van der Waals surface area contributed by atoms with Crippen molar-refractivity contribution in [3.63, 3.8) is 0 Å². The van der Waals surface area contributed by atoms with E-state index in [0.29, 0.717) is 23.0 Å². The highest BCUT2D eigenvalue weighted by Crippen LogP contribution is 2.32. The number of hydrogen-bond donors (Lipinski definition) is 1. The zero-order valence-electron chi connectivity index (χ0n) is 8.89. The van der Waals surface area contributed by atoms with Gasteiger partial charge in [0, 0.05) is 10.9 Å². The molecule has 2 aromatic rings. The summed E-state index contributed by atoms with van der Waals surface area (Å²) in [5.41, 5.74) is 7.98. The van der Waals surface area contributed by atoms with Crippen molar-refractivity contribution in [1.29, 1.82) is 0 Å². The normalized spacial score (nSPS) is 11.2. The number of benzene rings is 1. The van der Waals surface area contributed by atoms with Crippen LogP contribution < -0.4 is 5.73 Å². The highest BCUT2D eigenvalue weighted by atomic mass is 79.9. The Labute approximate surface area is 107 Å². The molecule has 0 spiro atoms. The highest BCUT2D eigenvalue weighted by molar-refractivity contribution is 9.10. The molecular formula is C11H12BrClN2O. The Morgan fingerprint density at radius 2 is 2.31 bits per heavy atom. The molecule has 0 aliphatic rings. The molecule has 0 atom stereocenters. The van der Waals surface area contributed by atoms with E-state index in [1.807, 2.05) is 13.0 Å². The Kier molecular flexibility index (Phi) is 3.52.